The quantitative estimate of drug-likeness (QED) is 0.570. The lowest BCUT2D eigenvalue weighted by Crippen LogP contribution is -2.17. The zero-order valence-electron chi connectivity index (χ0n) is 8.49. The first-order valence-corrected chi connectivity index (χ1v) is 5.66. The third-order valence-electron chi connectivity index (χ3n) is 2.99. The highest BCUT2D eigenvalue weighted by molar-refractivity contribution is 6.31. The van der Waals surface area contributed by atoms with Gasteiger partial charge < -0.3 is 5.21 Å². The number of halogens is 1. The van der Waals surface area contributed by atoms with Gasteiger partial charge in [0.25, 0.3) is 0 Å². The van der Waals surface area contributed by atoms with E-state index in [2.05, 4.69) is 5.16 Å². The van der Waals surface area contributed by atoms with Crippen molar-refractivity contribution in [1.29, 1.82) is 0 Å². The molecular formula is C12H14ClNO. The summed E-state index contributed by atoms with van der Waals surface area (Å²) in [7, 11) is 0. The first kappa shape index (κ1) is 10.5. The Morgan fingerprint density at radius 3 is 2.80 bits per heavy atom. The van der Waals surface area contributed by atoms with E-state index in [0.717, 1.165) is 35.6 Å². The molecule has 1 aromatic rings. The molecule has 1 fully saturated rings. The van der Waals surface area contributed by atoms with E-state index in [0.29, 0.717) is 0 Å². The SMILES string of the molecule is O/N=C1/CCCC[C@@H]1c1ccccc1Cl. The average molecular weight is 224 g/mol. The van der Waals surface area contributed by atoms with Crippen molar-refractivity contribution in [3.05, 3.63) is 34.9 Å². The van der Waals surface area contributed by atoms with Crippen molar-refractivity contribution in [1.82, 2.24) is 0 Å². The Labute approximate surface area is 94.6 Å². The van der Waals surface area contributed by atoms with Crippen molar-refractivity contribution >= 4 is 17.3 Å². The molecule has 1 atom stereocenters. The summed E-state index contributed by atoms with van der Waals surface area (Å²) in [5.74, 6) is 0.206. The molecule has 2 rings (SSSR count). The Balaban J connectivity index is 2.33. The van der Waals surface area contributed by atoms with E-state index in [9.17, 15) is 0 Å². The Kier molecular flexibility index (Phi) is 3.27. The summed E-state index contributed by atoms with van der Waals surface area (Å²) in [6, 6.07) is 7.80. The second kappa shape index (κ2) is 4.67. The van der Waals surface area contributed by atoms with Crippen molar-refractivity contribution in [3.63, 3.8) is 0 Å². The number of rotatable bonds is 1. The van der Waals surface area contributed by atoms with Crippen LogP contribution in [-0.2, 0) is 0 Å². The van der Waals surface area contributed by atoms with Crippen LogP contribution in [0.25, 0.3) is 0 Å². The van der Waals surface area contributed by atoms with Gasteiger partial charge in [0.15, 0.2) is 0 Å². The van der Waals surface area contributed by atoms with Gasteiger partial charge >= 0.3 is 0 Å². The molecule has 2 nitrogen and oxygen atoms in total. The van der Waals surface area contributed by atoms with Gasteiger partial charge in [-0.3, -0.25) is 0 Å². The van der Waals surface area contributed by atoms with Gasteiger partial charge in [0.2, 0.25) is 0 Å². The van der Waals surface area contributed by atoms with Gasteiger partial charge in [0.1, 0.15) is 0 Å². The molecule has 0 heterocycles. The molecule has 3 heteroatoms. The van der Waals surface area contributed by atoms with Crippen molar-refractivity contribution < 1.29 is 5.21 Å². The number of nitrogens with zero attached hydrogens (tertiary/aromatic N) is 1. The van der Waals surface area contributed by atoms with E-state index in [-0.39, 0.29) is 5.92 Å². The lowest BCUT2D eigenvalue weighted by Gasteiger charge is -2.23. The normalized spacial score (nSPS) is 24.3. The Bertz CT molecular complexity index is 376. The third kappa shape index (κ3) is 2.15. The van der Waals surface area contributed by atoms with E-state index in [1.807, 2.05) is 24.3 Å². The predicted octanol–water partition coefficient (Wildman–Crippen LogP) is 3.83. The van der Waals surface area contributed by atoms with Crippen LogP contribution < -0.4 is 0 Å². The Hall–Kier alpha value is -1.02. The fourth-order valence-corrected chi connectivity index (χ4v) is 2.48. The maximum absolute atomic E-state index is 8.96. The zero-order valence-corrected chi connectivity index (χ0v) is 9.24. The van der Waals surface area contributed by atoms with Crippen molar-refractivity contribution in [3.8, 4) is 0 Å². The molecule has 0 saturated heterocycles. The summed E-state index contributed by atoms with van der Waals surface area (Å²) >= 11 is 6.14. The van der Waals surface area contributed by atoms with Crippen molar-refractivity contribution in [2.75, 3.05) is 0 Å². The largest absolute Gasteiger partial charge is 0.411 e. The maximum Gasteiger partial charge on any atom is 0.0645 e. The molecule has 1 saturated carbocycles. The Morgan fingerprint density at radius 2 is 2.07 bits per heavy atom. The van der Waals surface area contributed by atoms with Crippen molar-refractivity contribution in [2.24, 2.45) is 5.16 Å². The van der Waals surface area contributed by atoms with E-state index in [1.54, 1.807) is 0 Å². The smallest absolute Gasteiger partial charge is 0.0645 e. The van der Waals surface area contributed by atoms with Crippen LogP contribution in [0.4, 0.5) is 0 Å². The fraction of sp³-hybridized carbons (Fsp3) is 0.417. The van der Waals surface area contributed by atoms with Gasteiger partial charge in [-0.1, -0.05) is 41.4 Å². The second-order valence-electron chi connectivity index (χ2n) is 3.91. The van der Waals surface area contributed by atoms with E-state index >= 15 is 0 Å². The van der Waals surface area contributed by atoms with Gasteiger partial charge in [0.05, 0.1) is 5.71 Å². The lowest BCUT2D eigenvalue weighted by molar-refractivity contribution is 0.312. The molecule has 0 aliphatic heterocycles. The van der Waals surface area contributed by atoms with Crippen LogP contribution >= 0.6 is 11.6 Å². The molecule has 80 valence electrons. The summed E-state index contributed by atoms with van der Waals surface area (Å²) in [5.41, 5.74) is 1.96. The number of benzene rings is 1. The van der Waals surface area contributed by atoms with Gasteiger partial charge in [-0.05, 0) is 30.9 Å². The highest BCUT2D eigenvalue weighted by Crippen LogP contribution is 2.34. The summed E-state index contributed by atoms with van der Waals surface area (Å²) in [4.78, 5) is 0. The first-order valence-electron chi connectivity index (χ1n) is 5.28. The first-order chi connectivity index (χ1) is 7.33. The fourth-order valence-electron chi connectivity index (χ4n) is 2.21. The maximum atomic E-state index is 8.96. The van der Waals surface area contributed by atoms with Crippen LogP contribution in [0, 0.1) is 0 Å². The van der Waals surface area contributed by atoms with Gasteiger partial charge in [-0.15, -0.1) is 0 Å². The monoisotopic (exact) mass is 223 g/mol. The van der Waals surface area contributed by atoms with Gasteiger partial charge in [-0.25, -0.2) is 0 Å². The summed E-state index contributed by atoms with van der Waals surface area (Å²) in [5, 5.41) is 13.1. The zero-order chi connectivity index (χ0) is 10.7. The minimum Gasteiger partial charge on any atom is -0.411 e. The summed E-state index contributed by atoms with van der Waals surface area (Å²) < 4.78 is 0. The molecule has 0 unspecified atom stereocenters. The highest BCUT2D eigenvalue weighted by atomic mass is 35.5. The molecule has 15 heavy (non-hydrogen) atoms. The van der Waals surface area contributed by atoms with E-state index in [4.69, 9.17) is 16.8 Å². The van der Waals surface area contributed by atoms with E-state index < -0.39 is 0 Å². The molecule has 1 aromatic carbocycles. The summed E-state index contributed by atoms with van der Waals surface area (Å²) in [6.07, 6.45) is 4.20. The molecule has 0 spiro atoms. The lowest BCUT2D eigenvalue weighted by atomic mass is 9.82. The predicted molar refractivity (Wildman–Crippen MR) is 61.9 cm³/mol. The van der Waals surface area contributed by atoms with E-state index in [1.165, 1.54) is 6.42 Å². The molecule has 1 aliphatic rings. The highest BCUT2D eigenvalue weighted by Gasteiger charge is 2.24. The third-order valence-corrected chi connectivity index (χ3v) is 3.33. The second-order valence-corrected chi connectivity index (χ2v) is 4.32. The standard InChI is InChI=1S/C12H14ClNO/c13-11-7-3-1-5-9(11)10-6-2-4-8-12(10)14-15/h1,3,5,7,10,15H,2,4,6,8H2/b14-12-/t10-/m1/s1. The number of hydrogen-bond acceptors (Lipinski definition) is 2. The van der Waals surface area contributed by atoms with Crippen LogP contribution in [0.15, 0.2) is 29.4 Å². The molecule has 1 aliphatic carbocycles. The topological polar surface area (TPSA) is 32.6 Å². The number of oxime groups is 1. The van der Waals surface area contributed by atoms with Crippen LogP contribution in [-0.4, -0.2) is 10.9 Å². The molecule has 0 radical (unpaired) electrons. The van der Waals surface area contributed by atoms with Crippen LogP contribution in [0.3, 0.4) is 0 Å². The molecule has 0 aromatic heterocycles. The average Bonchev–Trinajstić information content (AvgIpc) is 2.30. The minimum atomic E-state index is 0.206. The molecule has 0 amide bonds. The Morgan fingerprint density at radius 1 is 1.27 bits per heavy atom. The van der Waals surface area contributed by atoms with Crippen LogP contribution in [0.1, 0.15) is 37.2 Å². The molecule has 1 N–H and O–H groups in total. The number of hydrogen-bond donors (Lipinski definition) is 1. The van der Waals surface area contributed by atoms with Crippen LogP contribution in [0.2, 0.25) is 5.02 Å². The molecular weight excluding hydrogens is 210 g/mol. The van der Waals surface area contributed by atoms with Crippen LogP contribution in [0.5, 0.6) is 0 Å². The van der Waals surface area contributed by atoms with Gasteiger partial charge in [-0.2, -0.15) is 0 Å². The minimum absolute atomic E-state index is 0.206. The van der Waals surface area contributed by atoms with Crippen molar-refractivity contribution in [2.45, 2.75) is 31.6 Å². The summed E-state index contributed by atoms with van der Waals surface area (Å²) in [6.45, 7) is 0. The molecule has 0 bridgehead atoms. The van der Waals surface area contributed by atoms with Gasteiger partial charge in [0, 0.05) is 10.9 Å².